The van der Waals surface area contributed by atoms with Crippen molar-refractivity contribution in [1.82, 2.24) is 20.1 Å². The summed E-state index contributed by atoms with van der Waals surface area (Å²) < 4.78 is 1.97. The molecule has 2 heterocycles. The topological polar surface area (TPSA) is 42.7 Å². The van der Waals surface area contributed by atoms with Gasteiger partial charge in [-0.25, -0.2) is 0 Å². The molecule has 0 aromatic carbocycles. The predicted octanol–water partition coefficient (Wildman–Crippen LogP) is 2.72. The van der Waals surface area contributed by atoms with E-state index in [2.05, 4.69) is 40.5 Å². The SMILES string of the molecule is CCCNC(Cc1cc(C)nn1C)c1ccc(C)nc1. The fraction of sp³-hybridized carbons (Fsp3) is 0.500. The second-order valence-corrected chi connectivity index (χ2v) is 5.34. The molecule has 1 unspecified atom stereocenters. The van der Waals surface area contributed by atoms with E-state index in [0.29, 0.717) is 0 Å². The van der Waals surface area contributed by atoms with Crippen molar-refractivity contribution in [2.75, 3.05) is 6.54 Å². The molecule has 0 bridgehead atoms. The molecule has 1 N–H and O–H groups in total. The van der Waals surface area contributed by atoms with Gasteiger partial charge in [0, 0.05) is 37.1 Å². The lowest BCUT2D eigenvalue weighted by Gasteiger charge is -2.19. The molecule has 0 saturated carbocycles. The fourth-order valence-electron chi connectivity index (χ4n) is 2.38. The van der Waals surface area contributed by atoms with Crippen LogP contribution in [0.1, 0.15) is 42.0 Å². The van der Waals surface area contributed by atoms with E-state index < -0.39 is 0 Å². The molecule has 1 atom stereocenters. The van der Waals surface area contributed by atoms with E-state index >= 15 is 0 Å². The molecule has 0 fully saturated rings. The molecule has 4 nitrogen and oxygen atoms in total. The molecule has 0 aliphatic heterocycles. The highest BCUT2D eigenvalue weighted by atomic mass is 15.3. The zero-order chi connectivity index (χ0) is 14.5. The van der Waals surface area contributed by atoms with Gasteiger partial charge in [-0.15, -0.1) is 0 Å². The van der Waals surface area contributed by atoms with Crippen LogP contribution in [0, 0.1) is 13.8 Å². The third-order valence-electron chi connectivity index (χ3n) is 3.49. The van der Waals surface area contributed by atoms with Crippen LogP contribution in [-0.4, -0.2) is 21.3 Å². The maximum absolute atomic E-state index is 4.43. The van der Waals surface area contributed by atoms with E-state index in [1.54, 1.807) is 0 Å². The second kappa shape index (κ2) is 6.66. The second-order valence-electron chi connectivity index (χ2n) is 5.34. The van der Waals surface area contributed by atoms with Crippen molar-refractivity contribution in [2.45, 2.75) is 39.7 Å². The fourth-order valence-corrected chi connectivity index (χ4v) is 2.38. The van der Waals surface area contributed by atoms with Crippen molar-refractivity contribution in [3.63, 3.8) is 0 Å². The molecular weight excluding hydrogens is 248 g/mol. The van der Waals surface area contributed by atoms with E-state index in [1.807, 2.05) is 31.8 Å². The van der Waals surface area contributed by atoms with Crippen LogP contribution in [0.2, 0.25) is 0 Å². The Morgan fingerprint density at radius 2 is 2.05 bits per heavy atom. The number of hydrogen-bond acceptors (Lipinski definition) is 3. The summed E-state index contributed by atoms with van der Waals surface area (Å²) >= 11 is 0. The molecule has 4 heteroatoms. The Morgan fingerprint density at radius 1 is 1.25 bits per heavy atom. The van der Waals surface area contributed by atoms with Gasteiger partial charge in [-0.3, -0.25) is 9.67 Å². The number of rotatable bonds is 6. The Hall–Kier alpha value is -1.68. The lowest BCUT2D eigenvalue weighted by atomic mass is 10.0. The number of nitrogens with zero attached hydrogens (tertiary/aromatic N) is 3. The minimum absolute atomic E-state index is 0.290. The Bertz CT molecular complexity index is 542. The predicted molar refractivity (Wildman–Crippen MR) is 81.7 cm³/mol. The average molecular weight is 272 g/mol. The van der Waals surface area contributed by atoms with E-state index in [0.717, 1.165) is 30.8 Å². The van der Waals surface area contributed by atoms with E-state index in [1.165, 1.54) is 11.3 Å². The first-order valence-corrected chi connectivity index (χ1v) is 7.25. The standard InChI is InChI=1S/C16H24N4/c1-5-8-17-16(14-7-6-12(2)18-11-14)10-15-9-13(3)19-20(15)4/h6-7,9,11,16-17H,5,8,10H2,1-4H3. The summed E-state index contributed by atoms with van der Waals surface area (Å²) in [6.07, 6.45) is 4.04. The number of hydrogen-bond donors (Lipinski definition) is 1. The largest absolute Gasteiger partial charge is 0.310 e. The number of nitrogens with one attached hydrogen (secondary N) is 1. The van der Waals surface area contributed by atoms with E-state index in [-0.39, 0.29) is 6.04 Å². The molecule has 20 heavy (non-hydrogen) atoms. The van der Waals surface area contributed by atoms with Crippen molar-refractivity contribution in [3.8, 4) is 0 Å². The van der Waals surface area contributed by atoms with Crippen LogP contribution in [0.3, 0.4) is 0 Å². The van der Waals surface area contributed by atoms with Crippen LogP contribution < -0.4 is 5.32 Å². The molecule has 0 amide bonds. The Labute approximate surface area is 121 Å². The summed E-state index contributed by atoms with van der Waals surface area (Å²) in [5.41, 5.74) is 4.61. The number of pyridine rings is 1. The van der Waals surface area contributed by atoms with Gasteiger partial charge in [0.05, 0.1) is 5.69 Å². The third kappa shape index (κ3) is 3.67. The van der Waals surface area contributed by atoms with Crippen molar-refractivity contribution in [1.29, 1.82) is 0 Å². The smallest absolute Gasteiger partial charge is 0.0596 e. The average Bonchev–Trinajstić information content (AvgIpc) is 2.74. The minimum Gasteiger partial charge on any atom is -0.310 e. The van der Waals surface area contributed by atoms with Gasteiger partial charge in [0.15, 0.2) is 0 Å². The summed E-state index contributed by atoms with van der Waals surface area (Å²) in [4.78, 5) is 4.41. The summed E-state index contributed by atoms with van der Waals surface area (Å²) in [7, 11) is 2.01. The minimum atomic E-state index is 0.290. The Kier molecular flexibility index (Phi) is 4.90. The summed E-state index contributed by atoms with van der Waals surface area (Å²) in [5.74, 6) is 0. The normalized spacial score (nSPS) is 12.6. The van der Waals surface area contributed by atoms with Gasteiger partial charge in [-0.1, -0.05) is 13.0 Å². The first-order valence-electron chi connectivity index (χ1n) is 7.25. The van der Waals surface area contributed by atoms with Gasteiger partial charge in [0.2, 0.25) is 0 Å². The highest BCUT2D eigenvalue weighted by Crippen LogP contribution is 2.18. The molecule has 108 valence electrons. The van der Waals surface area contributed by atoms with Crippen molar-refractivity contribution < 1.29 is 0 Å². The van der Waals surface area contributed by atoms with Gasteiger partial charge in [-0.2, -0.15) is 5.10 Å². The first kappa shape index (κ1) is 14.7. The van der Waals surface area contributed by atoms with Gasteiger partial charge in [0.1, 0.15) is 0 Å². The zero-order valence-electron chi connectivity index (χ0n) is 12.8. The molecule has 2 rings (SSSR count). The van der Waals surface area contributed by atoms with Gasteiger partial charge >= 0.3 is 0 Å². The number of aryl methyl sites for hydroxylation is 3. The summed E-state index contributed by atoms with van der Waals surface area (Å²) in [6.45, 7) is 7.25. The van der Waals surface area contributed by atoms with Crippen molar-refractivity contribution in [2.24, 2.45) is 7.05 Å². The van der Waals surface area contributed by atoms with Crippen molar-refractivity contribution >= 4 is 0 Å². The van der Waals surface area contributed by atoms with Crippen molar-refractivity contribution in [3.05, 3.63) is 47.0 Å². The molecule has 0 radical (unpaired) electrons. The molecule has 0 aliphatic rings. The first-order chi connectivity index (χ1) is 9.60. The van der Waals surface area contributed by atoms with E-state index in [4.69, 9.17) is 0 Å². The lowest BCUT2D eigenvalue weighted by molar-refractivity contribution is 0.511. The van der Waals surface area contributed by atoms with Crippen LogP contribution in [-0.2, 0) is 13.5 Å². The maximum Gasteiger partial charge on any atom is 0.0596 e. The van der Waals surface area contributed by atoms with Gasteiger partial charge in [-0.05, 0) is 44.5 Å². The molecule has 2 aromatic rings. The Balaban J connectivity index is 2.18. The molecular formula is C16H24N4. The van der Waals surface area contributed by atoms with E-state index in [9.17, 15) is 0 Å². The zero-order valence-corrected chi connectivity index (χ0v) is 12.8. The van der Waals surface area contributed by atoms with Crippen LogP contribution in [0.4, 0.5) is 0 Å². The number of aromatic nitrogens is 3. The monoisotopic (exact) mass is 272 g/mol. The quantitative estimate of drug-likeness (QED) is 0.879. The van der Waals surface area contributed by atoms with Crippen LogP contribution in [0.5, 0.6) is 0 Å². The molecule has 0 spiro atoms. The molecule has 2 aromatic heterocycles. The van der Waals surface area contributed by atoms with Crippen LogP contribution >= 0.6 is 0 Å². The van der Waals surface area contributed by atoms with Crippen LogP contribution in [0.25, 0.3) is 0 Å². The highest BCUT2D eigenvalue weighted by Gasteiger charge is 2.14. The Morgan fingerprint density at radius 3 is 2.60 bits per heavy atom. The summed E-state index contributed by atoms with van der Waals surface area (Å²) in [5, 5.41) is 8.03. The van der Waals surface area contributed by atoms with Gasteiger partial charge in [0.25, 0.3) is 0 Å². The molecule has 0 aliphatic carbocycles. The highest BCUT2D eigenvalue weighted by molar-refractivity contribution is 5.20. The maximum atomic E-state index is 4.43. The molecule has 0 saturated heterocycles. The van der Waals surface area contributed by atoms with Crippen LogP contribution in [0.15, 0.2) is 24.4 Å². The summed E-state index contributed by atoms with van der Waals surface area (Å²) in [6, 6.07) is 6.68. The lowest BCUT2D eigenvalue weighted by Crippen LogP contribution is -2.25. The van der Waals surface area contributed by atoms with Gasteiger partial charge < -0.3 is 5.32 Å². The third-order valence-corrected chi connectivity index (χ3v) is 3.49.